The van der Waals surface area contributed by atoms with Gasteiger partial charge in [0.05, 0.1) is 6.04 Å². The molecule has 1 amide bonds. The van der Waals surface area contributed by atoms with E-state index < -0.39 is 0 Å². The van der Waals surface area contributed by atoms with Gasteiger partial charge in [0.2, 0.25) is 5.91 Å². The number of amides is 1. The number of carbonyl (C=O) groups excluding carboxylic acids is 1. The summed E-state index contributed by atoms with van der Waals surface area (Å²) in [6.45, 7) is 7.28. The second-order valence-electron chi connectivity index (χ2n) is 7.64. The zero-order valence-corrected chi connectivity index (χ0v) is 14.8. The number of piperidine rings is 1. The van der Waals surface area contributed by atoms with Gasteiger partial charge in [-0.3, -0.25) is 4.79 Å². The van der Waals surface area contributed by atoms with Gasteiger partial charge >= 0.3 is 0 Å². The van der Waals surface area contributed by atoms with Gasteiger partial charge in [0, 0.05) is 13.0 Å². The van der Waals surface area contributed by atoms with Crippen LogP contribution >= 0.6 is 0 Å². The highest BCUT2D eigenvalue weighted by molar-refractivity contribution is 5.77. The Morgan fingerprint density at radius 3 is 2.96 bits per heavy atom. The maximum Gasteiger partial charge on any atom is 0.223 e. The third-order valence-electron chi connectivity index (χ3n) is 5.85. The summed E-state index contributed by atoms with van der Waals surface area (Å²) in [5, 5.41) is 3.44. The molecule has 3 nitrogen and oxygen atoms in total. The van der Waals surface area contributed by atoms with E-state index in [4.69, 9.17) is 0 Å². The molecule has 132 valence electrons. The van der Waals surface area contributed by atoms with Crippen molar-refractivity contribution in [1.29, 1.82) is 0 Å². The first-order valence-corrected chi connectivity index (χ1v) is 9.32. The summed E-state index contributed by atoms with van der Waals surface area (Å²) in [6.07, 6.45) is 4.01. The van der Waals surface area contributed by atoms with Gasteiger partial charge in [0.1, 0.15) is 5.82 Å². The molecule has 1 N–H and O–H groups in total. The summed E-state index contributed by atoms with van der Waals surface area (Å²) < 4.78 is 13.6. The molecule has 2 aliphatic rings. The van der Waals surface area contributed by atoms with Crippen molar-refractivity contribution in [3.05, 3.63) is 35.6 Å². The van der Waals surface area contributed by atoms with Crippen LogP contribution in [0.15, 0.2) is 24.3 Å². The average Bonchev–Trinajstić information content (AvgIpc) is 2.97. The van der Waals surface area contributed by atoms with Crippen molar-refractivity contribution < 1.29 is 9.18 Å². The summed E-state index contributed by atoms with van der Waals surface area (Å²) in [5.41, 5.74) is 0.931. The second kappa shape index (κ2) is 7.64. The van der Waals surface area contributed by atoms with E-state index in [1.165, 1.54) is 18.9 Å². The first kappa shape index (κ1) is 17.4. The summed E-state index contributed by atoms with van der Waals surface area (Å²) in [4.78, 5) is 14.9. The van der Waals surface area contributed by atoms with Gasteiger partial charge < -0.3 is 10.2 Å². The molecule has 24 heavy (non-hydrogen) atoms. The van der Waals surface area contributed by atoms with E-state index in [1.54, 1.807) is 12.1 Å². The van der Waals surface area contributed by atoms with Crippen LogP contribution in [0.5, 0.6) is 0 Å². The van der Waals surface area contributed by atoms with Crippen molar-refractivity contribution in [3.63, 3.8) is 0 Å². The van der Waals surface area contributed by atoms with Crippen LogP contribution in [-0.4, -0.2) is 30.4 Å². The van der Waals surface area contributed by atoms with Gasteiger partial charge in [0.15, 0.2) is 0 Å². The minimum absolute atomic E-state index is 0.0184. The zero-order valence-electron chi connectivity index (χ0n) is 14.8. The van der Waals surface area contributed by atoms with Crippen LogP contribution in [0.4, 0.5) is 4.39 Å². The predicted octanol–water partition coefficient (Wildman–Crippen LogP) is 3.76. The van der Waals surface area contributed by atoms with Crippen molar-refractivity contribution >= 4 is 5.91 Å². The average molecular weight is 332 g/mol. The molecule has 0 aliphatic carbocycles. The van der Waals surface area contributed by atoms with E-state index in [0.717, 1.165) is 31.6 Å². The molecule has 2 heterocycles. The third-order valence-corrected chi connectivity index (χ3v) is 5.85. The number of rotatable bonds is 4. The predicted molar refractivity (Wildman–Crippen MR) is 94.0 cm³/mol. The molecule has 3 rings (SSSR count). The first-order valence-electron chi connectivity index (χ1n) is 9.32. The molecule has 2 fully saturated rings. The second-order valence-corrected chi connectivity index (χ2v) is 7.64. The summed E-state index contributed by atoms with van der Waals surface area (Å²) in [5.74, 6) is 1.37. The monoisotopic (exact) mass is 332 g/mol. The van der Waals surface area contributed by atoms with E-state index >= 15 is 0 Å². The van der Waals surface area contributed by atoms with Crippen molar-refractivity contribution in [2.75, 3.05) is 19.6 Å². The number of carbonyl (C=O) groups is 1. The van der Waals surface area contributed by atoms with Gasteiger partial charge in [-0.2, -0.15) is 0 Å². The molecule has 4 atom stereocenters. The van der Waals surface area contributed by atoms with Gasteiger partial charge in [-0.15, -0.1) is 0 Å². The van der Waals surface area contributed by atoms with Crippen molar-refractivity contribution in [2.45, 2.75) is 45.6 Å². The fourth-order valence-electron chi connectivity index (χ4n) is 4.35. The van der Waals surface area contributed by atoms with Crippen LogP contribution in [0.3, 0.4) is 0 Å². The van der Waals surface area contributed by atoms with Crippen molar-refractivity contribution in [1.82, 2.24) is 10.2 Å². The smallest absolute Gasteiger partial charge is 0.223 e. The summed E-state index contributed by atoms with van der Waals surface area (Å²) >= 11 is 0. The minimum atomic E-state index is -0.222. The highest BCUT2D eigenvalue weighted by Crippen LogP contribution is 2.38. The minimum Gasteiger partial charge on any atom is -0.335 e. The van der Waals surface area contributed by atoms with E-state index in [1.807, 2.05) is 11.0 Å². The number of nitrogens with one attached hydrogen (secondary N) is 1. The number of hydrogen-bond donors (Lipinski definition) is 1. The summed E-state index contributed by atoms with van der Waals surface area (Å²) in [7, 11) is 0. The lowest BCUT2D eigenvalue weighted by atomic mass is 9.85. The normalized spacial score (nSPS) is 28.8. The lowest BCUT2D eigenvalue weighted by Gasteiger charge is -2.32. The lowest BCUT2D eigenvalue weighted by molar-refractivity contribution is -0.133. The van der Waals surface area contributed by atoms with Crippen LogP contribution in [-0.2, 0) is 4.79 Å². The van der Waals surface area contributed by atoms with Crippen LogP contribution in [0.2, 0.25) is 0 Å². The Bertz CT molecular complexity index is 571. The molecular weight excluding hydrogens is 303 g/mol. The SMILES string of the molecule is CC(CC(=O)N1CCC(C)C1c1cccc(F)c1)C1CCCNC1. The number of halogens is 1. The highest BCUT2D eigenvalue weighted by atomic mass is 19.1. The largest absolute Gasteiger partial charge is 0.335 e. The maximum absolute atomic E-state index is 13.6. The molecule has 0 aromatic heterocycles. The number of hydrogen-bond acceptors (Lipinski definition) is 2. The summed E-state index contributed by atoms with van der Waals surface area (Å²) in [6, 6.07) is 6.76. The fraction of sp³-hybridized carbons (Fsp3) is 0.650. The molecule has 0 saturated carbocycles. The van der Waals surface area contributed by atoms with E-state index in [0.29, 0.717) is 24.2 Å². The number of likely N-dealkylation sites (tertiary alicyclic amines) is 1. The Labute approximate surface area is 144 Å². The highest BCUT2D eigenvalue weighted by Gasteiger charge is 2.36. The fourth-order valence-corrected chi connectivity index (χ4v) is 4.35. The number of nitrogens with zero attached hydrogens (tertiary/aromatic N) is 1. The van der Waals surface area contributed by atoms with Gasteiger partial charge in [-0.1, -0.05) is 26.0 Å². The molecule has 0 bridgehead atoms. The van der Waals surface area contributed by atoms with Crippen LogP contribution in [0.1, 0.15) is 51.1 Å². The molecule has 0 radical (unpaired) electrons. The Kier molecular flexibility index (Phi) is 5.54. The standard InChI is InChI=1S/C20H29FN2O/c1-14-8-10-23(20(14)16-5-3-7-18(21)12-16)19(24)11-15(2)17-6-4-9-22-13-17/h3,5,7,12,14-15,17,20,22H,4,6,8-11,13H2,1-2H3. The molecule has 2 aliphatic heterocycles. The van der Waals surface area contributed by atoms with Gasteiger partial charge in [0.25, 0.3) is 0 Å². The van der Waals surface area contributed by atoms with E-state index in [9.17, 15) is 9.18 Å². The lowest BCUT2D eigenvalue weighted by Crippen LogP contribution is -2.37. The van der Waals surface area contributed by atoms with E-state index in [2.05, 4.69) is 19.2 Å². The quantitative estimate of drug-likeness (QED) is 0.910. The first-order chi connectivity index (χ1) is 11.6. The molecule has 4 unspecified atom stereocenters. The number of benzene rings is 1. The molecule has 4 heteroatoms. The molecule has 1 aromatic rings. The van der Waals surface area contributed by atoms with Crippen molar-refractivity contribution in [3.8, 4) is 0 Å². The zero-order chi connectivity index (χ0) is 17.1. The Morgan fingerprint density at radius 1 is 1.42 bits per heavy atom. The Balaban J connectivity index is 1.68. The van der Waals surface area contributed by atoms with Crippen molar-refractivity contribution in [2.24, 2.45) is 17.8 Å². The Morgan fingerprint density at radius 2 is 2.25 bits per heavy atom. The van der Waals surface area contributed by atoms with E-state index in [-0.39, 0.29) is 17.8 Å². The molecule has 2 saturated heterocycles. The molecule has 0 spiro atoms. The molecular formula is C20H29FN2O. The molecule has 1 aromatic carbocycles. The van der Waals surface area contributed by atoms with Gasteiger partial charge in [-0.25, -0.2) is 4.39 Å². The van der Waals surface area contributed by atoms with Gasteiger partial charge in [-0.05, 0) is 67.8 Å². The van der Waals surface area contributed by atoms with Crippen LogP contribution in [0.25, 0.3) is 0 Å². The Hall–Kier alpha value is -1.42. The third kappa shape index (κ3) is 3.80. The van der Waals surface area contributed by atoms with Crippen LogP contribution in [0, 0.1) is 23.6 Å². The topological polar surface area (TPSA) is 32.3 Å². The van der Waals surface area contributed by atoms with Crippen LogP contribution < -0.4 is 5.32 Å². The maximum atomic E-state index is 13.6.